The highest BCUT2D eigenvalue weighted by Crippen LogP contribution is 2.15. The average molecular weight is 277 g/mol. The molecular weight excluding hydrogens is 246 g/mol. The third-order valence-electron chi connectivity index (χ3n) is 3.71. The Hall–Kier alpha value is -0.860. The van der Waals surface area contributed by atoms with Crippen molar-refractivity contribution >= 4 is 0 Å². The highest BCUT2D eigenvalue weighted by molar-refractivity contribution is 5.27. The molecule has 0 aliphatic rings. The second-order valence-corrected chi connectivity index (χ2v) is 5.38. The van der Waals surface area contributed by atoms with Gasteiger partial charge in [-0.2, -0.15) is 0 Å². The number of unbranched alkanes of at least 4 members (excludes halogenated alkanes) is 4. The topological polar surface area (TPSA) is 35.2 Å². The maximum Gasteiger partial charge on any atom is 0.0465 e. The molecule has 2 nitrogen and oxygen atoms in total. The summed E-state index contributed by atoms with van der Waals surface area (Å²) in [5, 5.41) is 0. The quantitative estimate of drug-likeness (QED) is 0.584. The summed E-state index contributed by atoms with van der Waals surface area (Å²) in [6, 6.07) is 8.89. The summed E-state index contributed by atoms with van der Waals surface area (Å²) in [5.41, 5.74) is 8.63. The van der Waals surface area contributed by atoms with Gasteiger partial charge in [-0.15, -0.1) is 0 Å². The van der Waals surface area contributed by atoms with Crippen molar-refractivity contribution in [3.8, 4) is 0 Å². The Morgan fingerprint density at radius 3 is 2.05 bits per heavy atom. The first-order valence-corrected chi connectivity index (χ1v) is 8.23. The van der Waals surface area contributed by atoms with Crippen LogP contribution < -0.4 is 5.73 Å². The van der Waals surface area contributed by atoms with Gasteiger partial charge in [0.25, 0.3) is 0 Å². The van der Waals surface area contributed by atoms with E-state index >= 15 is 0 Å². The molecule has 2 heteroatoms. The number of aryl methyl sites for hydroxylation is 2. The predicted octanol–water partition coefficient (Wildman–Crippen LogP) is 4.11. The van der Waals surface area contributed by atoms with Gasteiger partial charge in [0.15, 0.2) is 0 Å². The van der Waals surface area contributed by atoms with Crippen LogP contribution >= 0.6 is 0 Å². The second-order valence-electron chi connectivity index (χ2n) is 5.38. The Balaban J connectivity index is 2.21. The van der Waals surface area contributed by atoms with Crippen molar-refractivity contribution in [2.75, 3.05) is 19.8 Å². The molecule has 0 fully saturated rings. The number of hydrogen-bond acceptors (Lipinski definition) is 2. The molecule has 0 heterocycles. The van der Waals surface area contributed by atoms with Crippen molar-refractivity contribution in [3.63, 3.8) is 0 Å². The largest absolute Gasteiger partial charge is 0.382 e. The Kier molecular flexibility index (Phi) is 10.3. The van der Waals surface area contributed by atoms with E-state index in [0.29, 0.717) is 0 Å². The minimum Gasteiger partial charge on any atom is -0.382 e. The zero-order valence-electron chi connectivity index (χ0n) is 13.1. The molecule has 0 saturated heterocycles. The minimum atomic E-state index is 0.808. The molecule has 0 unspecified atom stereocenters. The van der Waals surface area contributed by atoms with Crippen LogP contribution in [0.4, 0.5) is 0 Å². The third-order valence-corrected chi connectivity index (χ3v) is 3.71. The molecule has 1 rings (SSSR count). The van der Waals surface area contributed by atoms with E-state index in [1.54, 1.807) is 0 Å². The number of hydrogen-bond donors (Lipinski definition) is 1. The van der Waals surface area contributed by atoms with Gasteiger partial charge in [-0.05, 0) is 63.1 Å². The van der Waals surface area contributed by atoms with Gasteiger partial charge in [0.05, 0.1) is 0 Å². The zero-order valence-corrected chi connectivity index (χ0v) is 13.1. The summed E-state index contributed by atoms with van der Waals surface area (Å²) in [6.45, 7) is 4.63. The summed E-state index contributed by atoms with van der Waals surface area (Å²) in [6.07, 6.45) is 9.82. The maximum atomic E-state index is 5.57. The summed E-state index contributed by atoms with van der Waals surface area (Å²) in [4.78, 5) is 0. The molecule has 0 radical (unpaired) electrons. The smallest absolute Gasteiger partial charge is 0.0465 e. The number of ether oxygens (including phenoxy) is 1. The van der Waals surface area contributed by atoms with Crippen LogP contribution in [0.25, 0.3) is 0 Å². The lowest BCUT2D eigenvalue weighted by Gasteiger charge is -2.09. The van der Waals surface area contributed by atoms with Crippen LogP contribution in [0.2, 0.25) is 0 Å². The maximum absolute atomic E-state index is 5.57. The summed E-state index contributed by atoms with van der Waals surface area (Å²) >= 11 is 0. The monoisotopic (exact) mass is 277 g/mol. The lowest BCUT2D eigenvalue weighted by molar-refractivity contribution is 0.143. The van der Waals surface area contributed by atoms with E-state index in [4.69, 9.17) is 10.5 Å². The van der Waals surface area contributed by atoms with Gasteiger partial charge in [0.2, 0.25) is 0 Å². The van der Waals surface area contributed by atoms with Gasteiger partial charge in [-0.3, -0.25) is 0 Å². The molecule has 2 N–H and O–H groups in total. The first-order valence-electron chi connectivity index (χ1n) is 8.23. The molecule has 0 aliphatic heterocycles. The van der Waals surface area contributed by atoms with Crippen molar-refractivity contribution in [1.82, 2.24) is 0 Å². The van der Waals surface area contributed by atoms with Crippen LogP contribution in [0.15, 0.2) is 24.3 Å². The van der Waals surface area contributed by atoms with Gasteiger partial charge in [-0.25, -0.2) is 0 Å². The van der Waals surface area contributed by atoms with Gasteiger partial charge in [-0.1, -0.05) is 37.1 Å². The predicted molar refractivity (Wildman–Crippen MR) is 87.1 cm³/mol. The van der Waals surface area contributed by atoms with E-state index in [-0.39, 0.29) is 0 Å². The van der Waals surface area contributed by atoms with Crippen LogP contribution in [-0.4, -0.2) is 19.8 Å². The van der Waals surface area contributed by atoms with Crippen molar-refractivity contribution < 1.29 is 4.74 Å². The molecule has 0 saturated carbocycles. The van der Waals surface area contributed by atoms with Crippen LogP contribution in [0, 0.1) is 0 Å². The Labute approximate surface area is 124 Å². The van der Waals surface area contributed by atoms with Crippen LogP contribution in [0.3, 0.4) is 0 Å². The first-order chi connectivity index (χ1) is 9.88. The number of rotatable bonds is 12. The first kappa shape index (κ1) is 17.2. The Morgan fingerprint density at radius 1 is 0.850 bits per heavy atom. The lowest BCUT2D eigenvalue weighted by atomic mass is 9.97. The summed E-state index contributed by atoms with van der Waals surface area (Å²) in [7, 11) is 0. The molecule has 0 bridgehead atoms. The minimum absolute atomic E-state index is 0.808. The van der Waals surface area contributed by atoms with E-state index < -0.39 is 0 Å². The molecule has 0 amide bonds. The highest BCUT2D eigenvalue weighted by atomic mass is 16.5. The van der Waals surface area contributed by atoms with E-state index in [9.17, 15) is 0 Å². The van der Waals surface area contributed by atoms with Gasteiger partial charge in [0.1, 0.15) is 0 Å². The molecule has 0 spiro atoms. The third kappa shape index (κ3) is 7.66. The van der Waals surface area contributed by atoms with Crippen molar-refractivity contribution in [2.24, 2.45) is 5.73 Å². The molecular formula is C18H31NO. The van der Waals surface area contributed by atoms with Gasteiger partial charge >= 0.3 is 0 Å². The van der Waals surface area contributed by atoms with Crippen molar-refractivity contribution in [1.29, 1.82) is 0 Å². The van der Waals surface area contributed by atoms with Crippen molar-refractivity contribution in [2.45, 2.75) is 58.3 Å². The number of benzene rings is 1. The highest BCUT2D eigenvalue weighted by Gasteiger charge is 2.01. The molecule has 1 aromatic rings. The normalized spacial score (nSPS) is 10.9. The standard InChI is InChI=1S/C18H31NO/c1-2-20-16-10-4-3-5-11-17-12-6-7-13-18(17)14-8-9-15-19/h6-7,12-13H,2-5,8-11,14-16,19H2,1H3. The van der Waals surface area contributed by atoms with E-state index in [1.807, 2.05) is 0 Å². The fourth-order valence-electron chi connectivity index (χ4n) is 2.52. The SMILES string of the molecule is CCOCCCCCCc1ccccc1CCCCN. The average Bonchev–Trinajstić information content (AvgIpc) is 2.48. The summed E-state index contributed by atoms with van der Waals surface area (Å²) < 4.78 is 5.36. The van der Waals surface area contributed by atoms with E-state index in [1.165, 1.54) is 56.1 Å². The van der Waals surface area contributed by atoms with E-state index in [0.717, 1.165) is 26.2 Å². The summed E-state index contributed by atoms with van der Waals surface area (Å²) in [5.74, 6) is 0. The number of nitrogens with two attached hydrogens (primary N) is 1. The Bertz CT molecular complexity index is 338. The van der Waals surface area contributed by atoms with E-state index in [2.05, 4.69) is 31.2 Å². The van der Waals surface area contributed by atoms with Crippen LogP contribution in [-0.2, 0) is 17.6 Å². The molecule has 1 aromatic carbocycles. The fraction of sp³-hybridized carbons (Fsp3) is 0.667. The fourth-order valence-corrected chi connectivity index (χ4v) is 2.52. The van der Waals surface area contributed by atoms with Crippen molar-refractivity contribution in [3.05, 3.63) is 35.4 Å². The zero-order chi connectivity index (χ0) is 14.5. The molecule has 114 valence electrons. The molecule has 20 heavy (non-hydrogen) atoms. The molecule has 0 aliphatic carbocycles. The Morgan fingerprint density at radius 2 is 1.45 bits per heavy atom. The van der Waals surface area contributed by atoms with Gasteiger partial charge < -0.3 is 10.5 Å². The molecule has 0 aromatic heterocycles. The van der Waals surface area contributed by atoms with Crippen LogP contribution in [0.1, 0.15) is 56.6 Å². The van der Waals surface area contributed by atoms with Crippen LogP contribution in [0.5, 0.6) is 0 Å². The second kappa shape index (κ2) is 11.9. The lowest BCUT2D eigenvalue weighted by Crippen LogP contribution is -2.00. The van der Waals surface area contributed by atoms with Gasteiger partial charge in [0, 0.05) is 13.2 Å². The molecule has 0 atom stereocenters.